The van der Waals surface area contributed by atoms with Crippen LogP contribution in [0.3, 0.4) is 0 Å². The van der Waals surface area contributed by atoms with Crippen LogP contribution in [-0.2, 0) is 19.6 Å². The molecule has 136 valence electrons. The third kappa shape index (κ3) is 3.95. The second kappa shape index (κ2) is 8.16. The molecule has 0 bridgehead atoms. The number of nitrogens with zero attached hydrogens (tertiary/aromatic N) is 4. The van der Waals surface area contributed by atoms with E-state index in [0.29, 0.717) is 12.2 Å². The summed E-state index contributed by atoms with van der Waals surface area (Å²) in [4.78, 5) is 12.7. The normalized spacial score (nSPS) is 14.2. The molecule has 1 amide bonds. The van der Waals surface area contributed by atoms with Gasteiger partial charge in [-0.05, 0) is 17.7 Å². The number of aromatic nitrogens is 4. The van der Waals surface area contributed by atoms with Gasteiger partial charge < -0.3 is 10.6 Å². The number of nitrogens with one attached hydrogen (secondary N) is 2. The standard InChI is InChI=1S/C18H20N6O.ClH/c25-18(16-11-15-12-19-8-10-24(15)22-16)21-17(13-23-9-4-7-20-23)14-5-2-1-3-6-14;/h1-7,9,11,17,19H,8,10,12-13H2,(H,21,25);1H. The van der Waals surface area contributed by atoms with Gasteiger partial charge in [-0.2, -0.15) is 10.2 Å². The number of hydrogen-bond acceptors (Lipinski definition) is 4. The van der Waals surface area contributed by atoms with Gasteiger partial charge in [-0.15, -0.1) is 12.4 Å². The minimum absolute atomic E-state index is 0. The van der Waals surface area contributed by atoms with Crippen molar-refractivity contribution in [3.05, 3.63) is 71.8 Å². The average Bonchev–Trinajstić information content (AvgIpc) is 3.31. The number of fused-ring (bicyclic) bond motifs is 1. The molecule has 0 saturated carbocycles. The smallest absolute Gasteiger partial charge is 0.272 e. The summed E-state index contributed by atoms with van der Waals surface area (Å²) in [7, 11) is 0. The van der Waals surface area contributed by atoms with Gasteiger partial charge in [-0.25, -0.2) is 0 Å². The van der Waals surface area contributed by atoms with Crippen molar-refractivity contribution in [1.29, 1.82) is 0 Å². The maximum Gasteiger partial charge on any atom is 0.272 e. The minimum atomic E-state index is -0.176. The molecule has 1 aliphatic heterocycles. The first-order valence-electron chi connectivity index (χ1n) is 8.40. The van der Waals surface area contributed by atoms with Crippen molar-refractivity contribution < 1.29 is 4.79 Å². The average molecular weight is 373 g/mol. The third-order valence-corrected chi connectivity index (χ3v) is 4.34. The molecule has 3 heterocycles. The van der Waals surface area contributed by atoms with Crippen LogP contribution in [0.5, 0.6) is 0 Å². The third-order valence-electron chi connectivity index (χ3n) is 4.34. The Morgan fingerprint density at radius 2 is 2.12 bits per heavy atom. The first kappa shape index (κ1) is 18.2. The van der Waals surface area contributed by atoms with Crippen molar-refractivity contribution in [2.75, 3.05) is 6.54 Å². The van der Waals surface area contributed by atoms with E-state index in [2.05, 4.69) is 20.8 Å². The molecule has 2 N–H and O–H groups in total. The number of rotatable bonds is 5. The molecule has 1 aliphatic rings. The molecule has 0 saturated heterocycles. The second-order valence-electron chi connectivity index (χ2n) is 6.09. The van der Waals surface area contributed by atoms with Crippen LogP contribution in [0.4, 0.5) is 0 Å². The molecule has 26 heavy (non-hydrogen) atoms. The lowest BCUT2D eigenvalue weighted by Crippen LogP contribution is -2.32. The highest BCUT2D eigenvalue weighted by molar-refractivity contribution is 5.92. The second-order valence-corrected chi connectivity index (χ2v) is 6.09. The summed E-state index contributed by atoms with van der Waals surface area (Å²) >= 11 is 0. The van der Waals surface area contributed by atoms with E-state index in [0.717, 1.165) is 30.9 Å². The number of carbonyl (C=O) groups is 1. The van der Waals surface area contributed by atoms with Crippen molar-refractivity contribution in [2.24, 2.45) is 0 Å². The zero-order chi connectivity index (χ0) is 17.1. The van der Waals surface area contributed by atoms with E-state index in [4.69, 9.17) is 0 Å². The Kier molecular flexibility index (Phi) is 5.70. The Morgan fingerprint density at radius 3 is 2.85 bits per heavy atom. The van der Waals surface area contributed by atoms with Crippen LogP contribution in [-0.4, -0.2) is 32.0 Å². The van der Waals surface area contributed by atoms with E-state index < -0.39 is 0 Å². The highest BCUT2D eigenvalue weighted by atomic mass is 35.5. The maximum absolute atomic E-state index is 12.7. The van der Waals surface area contributed by atoms with E-state index in [1.165, 1.54) is 0 Å². The summed E-state index contributed by atoms with van der Waals surface area (Å²) in [5, 5.41) is 15.1. The Labute approximate surface area is 157 Å². The zero-order valence-corrected chi connectivity index (χ0v) is 15.0. The van der Waals surface area contributed by atoms with Gasteiger partial charge in [0.05, 0.1) is 24.8 Å². The summed E-state index contributed by atoms with van der Waals surface area (Å²) < 4.78 is 3.72. The predicted octanol–water partition coefficient (Wildman–Crippen LogP) is 1.78. The minimum Gasteiger partial charge on any atom is -0.342 e. The summed E-state index contributed by atoms with van der Waals surface area (Å²) in [6.07, 6.45) is 3.63. The highest BCUT2D eigenvalue weighted by Crippen LogP contribution is 2.16. The summed E-state index contributed by atoms with van der Waals surface area (Å²) in [6.45, 7) is 2.98. The Balaban J connectivity index is 0.00000196. The molecular weight excluding hydrogens is 352 g/mol. The maximum atomic E-state index is 12.7. The van der Waals surface area contributed by atoms with Gasteiger partial charge in [0.15, 0.2) is 5.69 Å². The molecule has 1 unspecified atom stereocenters. The quantitative estimate of drug-likeness (QED) is 0.715. The van der Waals surface area contributed by atoms with Crippen LogP contribution in [0.15, 0.2) is 54.9 Å². The first-order valence-corrected chi connectivity index (χ1v) is 8.40. The van der Waals surface area contributed by atoms with Gasteiger partial charge in [-0.3, -0.25) is 14.2 Å². The molecule has 2 aromatic heterocycles. The van der Waals surface area contributed by atoms with Gasteiger partial charge in [0.1, 0.15) is 0 Å². The Hall–Kier alpha value is -2.64. The molecule has 1 atom stereocenters. The fourth-order valence-corrected chi connectivity index (χ4v) is 3.05. The van der Waals surface area contributed by atoms with Crippen LogP contribution in [0.1, 0.15) is 27.8 Å². The SMILES string of the molecule is Cl.O=C(NC(Cn1cccn1)c1ccccc1)c1cc2n(n1)CCNC2. The predicted molar refractivity (Wildman–Crippen MR) is 100 cm³/mol. The summed E-state index contributed by atoms with van der Waals surface area (Å²) in [5.74, 6) is -0.164. The van der Waals surface area contributed by atoms with Gasteiger partial charge in [-0.1, -0.05) is 30.3 Å². The van der Waals surface area contributed by atoms with Crippen molar-refractivity contribution in [2.45, 2.75) is 25.7 Å². The summed E-state index contributed by atoms with van der Waals surface area (Å²) in [5.41, 5.74) is 2.54. The molecule has 0 fully saturated rings. The highest BCUT2D eigenvalue weighted by Gasteiger charge is 2.20. The molecule has 0 radical (unpaired) electrons. The van der Waals surface area contributed by atoms with Crippen LogP contribution in [0.25, 0.3) is 0 Å². The molecule has 3 aromatic rings. The van der Waals surface area contributed by atoms with Crippen molar-refractivity contribution in [3.63, 3.8) is 0 Å². The molecule has 8 heteroatoms. The number of carbonyl (C=O) groups excluding carboxylic acids is 1. The van der Waals surface area contributed by atoms with Crippen molar-refractivity contribution in [1.82, 2.24) is 30.2 Å². The Bertz CT molecular complexity index is 822. The van der Waals surface area contributed by atoms with E-state index in [1.807, 2.05) is 58.0 Å². The van der Waals surface area contributed by atoms with Crippen molar-refractivity contribution in [3.8, 4) is 0 Å². The van der Waals surface area contributed by atoms with E-state index >= 15 is 0 Å². The van der Waals surface area contributed by atoms with E-state index in [-0.39, 0.29) is 24.4 Å². The molecule has 7 nitrogen and oxygen atoms in total. The number of hydrogen-bond donors (Lipinski definition) is 2. The fourth-order valence-electron chi connectivity index (χ4n) is 3.05. The lowest BCUT2D eigenvalue weighted by Gasteiger charge is -2.19. The largest absolute Gasteiger partial charge is 0.342 e. The molecule has 0 spiro atoms. The van der Waals surface area contributed by atoms with Gasteiger partial charge >= 0.3 is 0 Å². The molecule has 1 aromatic carbocycles. The van der Waals surface area contributed by atoms with Gasteiger partial charge in [0.25, 0.3) is 5.91 Å². The number of amides is 1. The zero-order valence-electron chi connectivity index (χ0n) is 14.2. The topological polar surface area (TPSA) is 76.8 Å². The fraction of sp³-hybridized carbons (Fsp3) is 0.278. The monoisotopic (exact) mass is 372 g/mol. The lowest BCUT2D eigenvalue weighted by atomic mass is 10.1. The van der Waals surface area contributed by atoms with Crippen LogP contribution in [0, 0.1) is 0 Å². The molecule has 0 aliphatic carbocycles. The Morgan fingerprint density at radius 1 is 1.27 bits per heavy atom. The first-order chi connectivity index (χ1) is 12.3. The van der Waals surface area contributed by atoms with E-state index in [1.54, 1.807) is 6.20 Å². The van der Waals surface area contributed by atoms with Gasteiger partial charge in [0, 0.05) is 25.5 Å². The van der Waals surface area contributed by atoms with Crippen molar-refractivity contribution >= 4 is 18.3 Å². The molecular formula is C18H21ClN6O. The van der Waals surface area contributed by atoms with Crippen LogP contribution >= 0.6 is 12.4 Å². The van der Waals surface area contributed by atoms with Crippen LogP contribution in [0.2, 0.25) is 0 Å². The van der Waals surface area contributed by atoms with E-state index in [9.17, 15) is 4.79 Å². The summed E-state index contributed by atoms with van der Waals surface area (Å²) in [6, 6.07) is 13.5. The lowest BCUT2D eigenvalue weighted by molar-refractivity contribution is 0.0926. The number of halogens is 1. The van der Waals surface area contributed by atoms with Gasteiger partial charge in [0.2, 0.25) is 0 Å². The molecule has 4 rings (SSSR count). The van der Waals surface area contributed by atoms with Crippen LogP contribution < -0.4 is 10.6 Å². The number of benzene rings is 1.